The predicted octanol–water partition coefficient (Wildman–Crippen LogP) is 21.3. The van der Waals surface area contributed by atoms with E-state index in [-0.39, 0.29) is 32.0 Å². The number of hydrogen-bond donors (Lipinski definition) is 0. The Kier molecular flexibility index (Phi) is 59.4. The molecular formula is C68H134NO8P. The lowest BCUT2D eigenvalue weighted by molar-refractivity contribution is -0.870. The number of esters is 2. The quantitative estimate of drug-likeness (QED) is 0.0195. The number of phosphoric ester groups is 1. The fraction of sp³-hybridized carbons (Fsp3) is 0.941. The van der Waals surface area contributed by atoms with Crippen molar-refractivity contribution in [3.63, 3.8) is 0 Å². The first kappa shape index (κ1) is 76.8. The van der Waals surface area contributed by atoms with Crippen LogP contribution in [-0.4, -0.2) is 70.0 Å². The lowest BCUT2D eigenvalue weighted by Gasteiger charge is -2.28. The highest BCUT2D eigenvalue weighted by atomic mass is 31.2. The van der Waals surface area contributed by atoms with E-state index in [0.29, 0.717) is 17.4 Å². The molecule has 0 aromatic heterocycles. The molecule has 0 bridgehead atoms. The molecule has 78 heavy (non-hydrogen) atoms. The van der Waals surface area contributed by atoms with Gasteiger partial charge in [0.25, 0.3) is 7.82 Å². The van der Waals surface area contributed by atoms with Gasteiger partial charge in [-0.3, -0.25) is 14.2 Å². The van der Waals surface area contributed by atoms with Gasteiger partial charge in [0.15, 0.2) is 6.10 Å². The van der Waals surface area contributed by atoms with Gasteiger partial charge in [-0.05, 0) is 38.5 Å². The molecule has 0 spiro atoms. The standard InChI is InChI=1S/C68H134NO8P/c1-6-8-10-12-14-16-18-20-22-24-25-26-27-28-29-30-31-32-33-34-35-36-37-38-39-40-41-42-43-45-46-48-50-52-54-56-58-60-67(70)74-64-66(65-76-78(72,73)75-63-62-69(3,4)5)77-68(71)61-59-57-55-53-51-49-47-44-23-21-19-17-15-13-11-9-7-2/h21,23,66H,6-20,22,24-65H2,1-5H3/b23-21-. The van der Waals surface area contributed by atoms with E-state index in [4.69, 9.17) is 18.5 Å². The third kappa shape index (κ3) is 63.9. The maximum absolute atomic E-state index is 12.8. The second kappa shape index (κ2) is 60.3. The van der Waals surface area contributed by atoms with Gasteiger partial charge >= 0.3 is 11.9 Å². The Morgan fingerprint density at radius 3 is 0.949 bits per heavy atom. The van der Waals surface area contributed by atoms with Gasteiger partial charge in [-0.25, -0.2) is 0 Å². The van der Waals surface area contributed by atoms with Crippen molar-refractivity contribution < 1.29 is 42.1 Å². The van der Waals surface area contributed by atoms with Crippen LogP contribution in [0.5, 0.6) is 0 Å². The minimum absolute atomic E-state index is 0.0279. The molecular weight excluding hydrogens is 990 g/mol. The molecule has 0 aliphatic carbocycles. The molecule has 0 amide bonds. The van der Waals surface area contributed by atoms with Crippen LogP contribution in [0.3, 0.4) is 0 Å². The van der Waals surface area contributed by atoms with E-state index in [1.807, 2.05) is 21.1 Å². The summed E-state index contributed by atoms with van der Waals surface area (Å²) in [6, 6.07) is 0. The van der Waals surface area contributed by atoms with Crippen LogP contribution in [-0.2, 0) is 32.7 Å². The average Bonchev–Trinajstić information content (AvgIpc) is 3.40. The molecule has 464 valence electrons. The molecule has 0 fully saturated rings. The SMILES string of the molecule is CCCCCCCC/C=C\CCCCCCCCCC(=O)OC(COC(=O)CCCCCCCCCCCCCCCCCCCCCCCCCCCCCCCCCCCCCCC)COP(=O)([O-])OCC[N+](C)(C)C. The summed E-state index contributed by atoms with van der Waals surface area (Å²) in [7, 11) is 1.18. The third-order valence-electron chi connectivity index (χ3n) is 15.8. The minimum atomic E-state index is -4.63. The van der Waals surface area contributed by atoms with Gasteiger partial charge in [0.05, 0.1) is 27.7 Å². The molecule has 0 heterocycles. The highest BCUT2D eigenvalue weighted by Gasteiger charge is 2.22. The monoisotopic (exact) mass is 1120 g/mol. The summed E-state index contributed by atoms with van der Waals surface area (Å²) in [5.41, 5.74) is 0. The normalized spacial score (nSPS) is 13.2. The topological polar surface area (TPSA) is 111 Å². The van der Waals surface area contributed by atoms with Crippen LogP contribution in [0.15, 0.2) is 12.2 Å². The Hall–Kier alpha value is -1.25. The zero-order valence-corrected chi connectivity index (χ0v) is 53.8. The molecule has 0 aromatic rings. The number of ether oxygens (including phenoxy) is 2. The molecule has 2 unspecified atom stereocenters. The van der Waals surface area contributed by atoms with Crippen molar-refractivity contribution in [3.05, 3.63) is 12.2 Å². The Balaban J connectivity index is 3.87. The second-order valence-corrected chi connectivity index (χ2v) is 26.3. The molecule has 0 saturated heterocycles. The summed E-state index contributed by atoms with van der Waals surface area (Å²) in [6.07, 6.45) is 73.1. The molecule has 0 aromatic carbocycles. The molecule has 0 radical (unpaired) electrons. The summed E-state index contributed by atoms with van der Waals surface area (Å²) in [4.78, 5) is 37.9. The number of quaternary nitrogens is 1. The number of unbranched alkanes of at least 4 members (excludes halogenated alkanes) is 49. The fourth-order valence-electron chi connectivity index (χ4n) is 10.5. The van der Waals surface area contributed by atoms with E-state index >= 15 is 0 Å². The van der Waals surface area contributed by atoms with E-state index in [2.05, 4.69) is 26.0 Å². The van der Waals surface area contributed by atoms with Crippen LogP contribution in [0.25, 0.3) is 0 Å². The van der Waals surface area contributed by atoms with Gasteiger partial charge in [0.1, 0.15) is 19.8 Å². The van der Waals surface area contributed by atoms with Gasteiger partial charge in [0, 0.05) is 12.8 Å². The summed E-state index contributed by atoms with van der Waals surface area (Å²) in [5.74, 6) is -0.818. The Bertz CT molecular complexity index is 1320. The first-order valence-corrected chi connectivity index (χ1v) is 35.9. The second-order valence-electron chi connectivity index (χ2n) is 24.9. The third-order valence-corrected chi connectivity index (χ3v) is 16.7. The molecule has 0 aliphatic heterocycles. The van der Waals surface area contributed by atoms with Crippen molar-refractivity contribution in [2.24, 2.45) is 0 Å². The summed E-state index contributed by atoms with van der Waals surface area (Å²) in [5, 5.41) is 0. The van der Waals surface area contributed by atoms with Crippen LogP contribution in [0.1, 0.15) is 361 Å². The number of carbonyl (C=O) groups excluding carboxylic acids is 2. The van der Waals surface area contributed by atoms with Crippen LogP contribution in [0.4, 0.5) is 0 Å². The number of phosphoric acid groups is 1. The van der Waals surface area contributed by atoms with Crippen LogP contribution in [0.2, 0.25) is 0 Å². The van der Waals surface area contributed by atoms with E-state index in [1.54, 1.807) is 0 Å². The molecule has 0 aliphatic rings. The summed E-state index contributed by atoms with van der Waals surface area (Å²) in [6.45, 7) is 4.30. The van der Waals surface area contributed by atoms with Gasteiger partial charge in [-0.1, -0.05) is 321 Å². The Labute approximate surface area is 486 Å². The zero-order valence-electron chi connectivity index (χ0n) is 52.9. The molecule has 10 heteroatoms. The number of carbonyl (C=O) groups is 2. The first-order chi connectivity index (χ1) is 38.0. The highest BCUT2D eigenvalue weighted by Crippen LogP contribution is 2.38. The molecule has 0 N–H and O–H groups in total. The molecule has 9 nitrogen and oxygen atoms in total. The number of likely N-dealkylation sites (N-methyl/N-ethyl adjacent to an activating group) is 1. The summed E-state index contributed by atoms with van der Waals surface area (Å²) < 4.78 is 34.2. The number of hydrogen-bond acceptors (Lipinski definition) is 8. The zero-order chi connectivity index (χ0) is 57.0. The van der Waals surface area contributed by atoms with E-state index in [1.165, 1.54) is 283 Å². The number of nitrogens with zero attached hydrogens (tertiary/aromatic N) is 1. The van der Waals surface area contributed by atoms with Crippen molar-refractivity contribution in [1.82, 2.24) is 0 Å². The van der Waals surface area contributed by atoms with Crippen molar-refractivity contribution in [3.8, 4) is 0 Å². The average molecular weight is 1120 g/mol. The summed E-state index contributed by atoms with van der Waals surface area (Å²) >= 11 is 0. The van der Waals surface area contributed by atoms with Crippen molar-refractivity contribution in [1.29, 1.82) is 0 Å². The van der Waals surface area contributed by atoms with E-state index in [0.717, 1.165) is 44.9 Å². The van der Waals surface area contributed by atoms with Gasteiger partial charge < -0.3 is 27.9 Å². The predicted molar refractivity (Wildman–Crippen MR) is 333 cm³/mol. The van der Waals surface area contributed by atoms with Crippen LogP contribution < -0.4 is 4.89 Å². The van der Waals surface area contributed by atoms with Gasteiger partial charge in [0.2, 0.25) is 0 Å². The number of allylic oxidation sites excluding steroid dienone is 2. The molecule has 0 rings (SSSR count). The van der Waals surface area contributed by atoms with Crippen molar-refractivity contribution in [2.45, 2.75) is 367 Å². The molecule has 0 saturated carbocycles. The molecule has 2 atom stereocenters. The Morgan fingerprint density at radius 2 is 0.654 bits per heavy atom. The lowest BCUT2D eigenvalue weighted by atomic mass is 10.0. The van der Waals surface area contributed by atoms with E-state index < -0.39 is 26.5 Å². The minimum Gasteiger partial charge on any atom is -0.756 e. The van der Waals surface area contributed by atoms with Crippen molar-refractivity contribution >= 4 is 19.8 Å². The van der Waals surface area contributed by atoms with Crippen molar-refractivity contribution in [2.75, 3.05) is 47.5 Å². The largest absolute Gasteiger partial charge is 0.756 e. The Morgan fingerprint density at radius 1 is 0.385 bits per heavy atom. The fourth-order valence-corrected chi connectivity index (χ4v) is 11.2. The van der Waals surface area contributed by atoms with Crippen LogP contribution in [0, 0.1) is 0 Å². The van der Waals surface area contributed by atoms with Gasteiger partial charge in [-0.15, -0.1) is 0 Å². The number of rotatable bonds is 65. The van der Waals surface area contributed by atoms with Gasteiger partial charge in [-0.2, -0.15) is 0 Å². The van der Waals surface area contributed by atoms with E-state index in [9.17, 15) is 19.0 Å². The first-order valence-electron chi connectivity index (χ1n) is 34.4. The lowest BCUT2D eigenvalue weighted by Crippen LogP contribution is -2.37. The smallest absolute Gasteiger partial charge is 0.306 e. The van der Waals surface area contributed by atoms with Crippen LogP contribution >= 0.6 is 7.82 Å². The maximum atomic E-state index is 12.8. The maximum Gasteiger partial charge on any atom is 0.306 e. The highest BCUT2D eigenvalue weighted by molar-refractivity contribution is 7.45.